The lowest BCUT2D eigenvalue weighted by atomic mass is 9.83. The van der Waals surface area contributed by atoms with Gasteiger partial charge in [0.1, 0.15) is 16.5 Å². The Morgan fingerprint density at radius 1 is 1.02 bits per heavy atom. The van der Waals surface area contributed by atoms with Gasteiger partial charge in [0, 0.05) is 17.3 Å². The second kappa shape index (κ2) is 11.6. The first kappa shape index (κ1) is 27.3. The number of phenolic OH excluding ortho intramolecular Hbond substituents is 1. The van der Waals surface area contributed by atoms with Crippen LogP contribution in [0.3, 0.4) is 0 Å². The minimum absolute atomic E-state index is 0.0937. The van der Waals surface area contributed by atoms with Crippen LogP contribution < -0.4 is 5.32 Å². The molecule has 41 heavy (non-hydrogen) atoms. The highest BCUT2D eigenvalue weighted by Gasteiger charge is 2.33. The van der Waals surface area contributed by atoms with Crippen LogP contribution in [0.5, 0.6) is 5.75 Å². The van der Waals surface area contributed by atoms with Crippen molar-refractivity contribution in [1.82, 2.24) is 14.9 Å². The number of fused-ring (bicyclic) bond motifs is 3. The average molecular weight is 568 g/mol. The molecule has 2 aromatic heterocycles. The molecule has 6 rings (SSSR count). The molecular weight excluding hydrogens is 534 g/mol. The summed E-state index contributed by atoms with van der Waals surface area (Å²) in [6, 6.07) is 24.7. The van der Waals surface area contributed by atoms with Gasteiger partial charge >= 0.3 is 0 Å². The first-order valence-electron chi connectivity index (χ1n) is 14.3. The molecule has 3 N–H and O–H groups in total. The van der Waals surface area contributed by atoms with Gasteiger partial charge in [0.05, 0.1) is 24.1 Å². The number of carbonyl (C=O) groups excluding carboxylic acids is 1. The van der Waals surface area contributed by atoms with Crippen LogP contribution in [0.25, 0.3) is 21.9 Å². The van der Waals surface area contributed by atoms with Gasteiger partial charge in [-0.25, -0.2) is 4.98 Å². The number of aliphatic hydroxyl groups excluding tert-OH is 1. The van der Waals surface area contributed by atoms with Gasteiger partial charge in [0.2, 0.25) is 5.91 Å². The van der Waals surface area contributed by atoms with Crippen molar-refractivity contribution in [2.24, 2.45) is 5.92 Å². The van der Waals surface area contributed by atoms with Crippen LogP contribution in [0.15, 0.2) is 78.9 Å². The Morgan fingerprint density at radius 2 is 1.78 bits per heavy atom. The number of hydrogen-bond acceptors (Lipinski definition) is 4. The number of hydrogen-bond donors (Lipinski definition) is 3. The number of benzene rings is 3. The normalized spacial score (nSPS) is 15.4. The summed E-state index contributed by atoms with van der Waals surface area (Å²) in [6.07, 6.45) is 4.24. The SMILES string of the molecule is Cc1cc(Cl)nc2c1c1ccccc1n2Cc1ccc(C(C(=O)NC(CO)c2cccc(O)c2)C2CCCC2)cc1. The molecule has 5 aromatic rings. The standard InChI is InChI=1S/C34H34ClN3O3/c1-21-17-30(35)37-33-31(21)27-11-4-5-12-29(27)38(33)19-22-13-15-24(16-14-22)32(23-7-2-3-8-23)34(41)36-28(20-39)25-9-6-10-26(40)18-25/h4-6,9-18,23,28,32,39-40H,2-3,7-8,19-20H2,1H3,(H,36,41). The van der Waals surface area contributed by atoms with Crippen LogP contribution in [0.4, 0.5) is 0 Å². The van der Waals surface area contributed by atoms with E-state index in [0.29, 0.717) is 17.3 Å². The summed E-state index contributed by atoms with van der Waals surface area (Å²) < 4.78 is 2.21. The summed E-state index contributed by atoms with van der Waals surface area (Å²) in [5.41, 5.74) is 5.83. The number of para-hydroxylation sites is 1. The molecule has 7 heteroatoms. The van der Waals surface area contributed by atoms with Crippen LogP contribution >= 0.6 is 11.6 Å². The average Bonchev–Trinajstić information content (AvgIpc) is 3.60. The molecule has 6 nitrogen and oxygen atoms in total. The van der Waals surface area contributed by atoms with E-state index in [1.54, 1.807) is 24.3 Å². The van der Waals surface area contributed by atoms with Crippen molar-refractivity contribution in [3.8, 4) is 5.75 Å². The molecule has 1 saturated carbocycles. The molecule has 0 spiro atoms. The fraction of sp³-hybridized carbons (Fsp3) is 0.294. The summed E-state index contributed by atoms with van der Waals surface area (Å²) in [4.78, 5) is 18.4. The number of aromatic nitrogens is 2. The summed E-state index contributed by atoms with van der Waals surface area (Å²) >= 11 is 6.38. The van der Waals surface area contributed by atoms with Crippen LogP contribution in [0.1, 0.15) is 59.9 Å². The van der Waals surface area contributed by atoms with Gasteiger partial charge in [-0.05, 0) is 72.2 Å². The van der Waals surface area contributed by atoms with E-state index in [1.807, 2.05) is 18.2 Å². The van der Waals surface area contributed by atoms with E-state index >= 15 is 0 Å². The number of nitrogens with one attached hydrogen (secondary N) is 1. The number of halogens is 1. The van der Waals surface area contributed by atoms with Crippen molar-refractivity contribution in [3.63, 3.8) is 0 Å². The Hall–Kier alpha value is -3.87. The summed E-state index contributed by atoms with van der Waals surface area (Å²) in [7, 11) is 0. The molecule has 1 aliphatic rings. The molecule has 1 aliphatic carbocycles. The third-order valence-electron chi connectivity index (χ3n) is 8.49. The van der Waals surface area contributed by atoms with E-state index in [0.717, 1.165) is 64.3 Å². The van der Waals surface area contributed by atoms with E-state index in [4.69, 9.17) is 16.6 Å². The maximum absolute atomic E-state index is 13.7. The van der Waals surface area contributed by atoms with Gasteiger partial charge < -0.3 is 20.1 Å². The zero-order valence-electron chi connectivity index (χ0n) is 23.1. The van der Waals surface area contributed by atoms with Crippen LogP contribution in [0, 0.1) is 12.8 Å². The quantitative estimate of drug-likeness (QED) is 0.176. The maximum atomic E-state index is 13.7. The topological polar surface area (TPSA) is 87.4 Å². The molecule has 1 amide bonds. The molecule has 0 aliphatic heterocycles. The number of aryl methyl sites for hydroxylation is 1. The van der Waals surface area contributed by atoms with Crippen molar-refractivity contribution >= 4 is 39.4 Å². The van der Waals surface area contributed by atoms with Crippen molar-refractivity contribution in [2.75, 3.05) is 6.61 Å². The third-order valence-corrected chi connectivity index (χ3v) is 8.68. The molecule has 2 unspecified atom stereocenters. The number of phenols is 1. The molecule has 0 saturated heterocycles. The van der Waals surface area contributed by atoms with Crippen molar-refractivity contribution in [1.29, 1.82) is 0 Å². The Bertz CT molecular complexity index is 1710. The van der Waals surface area contributed by atoms with E-state index < -0.39 is 6.04 Å². The van der Waals surface area contributed by atoms with E-state index in [-0.39, 0.29) is 30.1 Å². The fourth-order valence-corrected chi connectivity index (χ4v) is 6.76. The molecule has 0 bridgehead atoms. The number of nitrogens with zero attached hydrogens (tertiary/aromatic N) is 2. The Morgan fingerprint density at radius 3 is 2.51 bits per heavy atom. The maximum Gasteiger partial charge on any atom is 0.228 e. The van der Waals surface area contributed by atoms with E-state index in [9.17, 15) is 15.0 Å². The number of pyridine rings is 1. The van der Waals surface area contributed by atoms with E-state index in [1.165, 1.54) is 0 Å². The number of carbonyl (C=O) groups is 1. The van der Waals surface area contributed by atoms with Gasteiger partial charge in [0.25, 0.3) is 0 Å². The highest BCUT2D eigenvalue weighted by atomic mass is 35.5. The molecule has 2 heterocycles. The second-order valence-electron chi connectivity index (χ2n) is 11.2. The Kier molecular flexibility index (Phi) is 7.69. The number of rotatable bonds is 8. The zero-order chi connectivity index (χ0) is 28.5. The van der Waals surface area contributed by atoms with Crippen molar-refractivity contribution < 1.29 is 15.0 Å². The lowest BCUT2D eigenvalue weighted by molar-refractivity contribution is -0.124. The van der Waals surface area contributed by atoms with Gasteiger partial charge in [-0.1, -0.05) is 79.0 Å². The largest absolute Gasteiger partial charge is 0.508 e. The first-order valence-corrected chi connectivity index (χ1v) is 14.6. The number of aliphatic hydroxyl groups is 1. The number of amides is 1. The minimum Gasteiger partial charge on any atom is -0.508 e. The van der Waals surface area contributed by atoms with Gasteiger partial charge in [-0.15, -0.1) is 0 Å². The highest BCUT2D eigenvalue weighted by molar-refractivity contribution is 6.30. The van der Waals surface area contributed by atoms with Crippen molar-refractivity contribution in [3.05, 3.63) is 106 Å². The van der Waals surface area contributed by atoms with Gasteiger partial charge in [-0.2, -0.15) is 0 Å². The molecule has 210 valence electrons. The smallest absolute Gasteiger partial charge is 0.228 e. The molecule has 3 aromatic carbocycles. The Balaban J connectivity index is 1.30. The van der Waals surface area contributed by atoms with Gasteiger partial charge in [-0.3, -0.25) is 4.79 Å². The summed E-state index contributed by atoms with van der Waals surface area (Å²) in [5, 5.41) is 25.8. The third kappa shape index (κ3) is 5.42. The molecule has 1 fully saturated rings. The van der Waals surface area contributed by atoms with Crippen LogP contribution in [-0.2, 0) is 11.3 Å². The van der Waals surface area contributed by atoms with Crippen LogP contribution in [-0.4, -0.2) is 32.3 Å². The van der Waals surface area contributed by atoms with Gasteiger partial charge in [0.15, 0.2) is 0 Å². The first-order chi connectivity index (χ1) is 19.9. The fourth-order valence-electron chi connectivity index (χ4n) is 6.52. The van der Waals surface area contributed by atoms with Crippen molar-refractivity contribution in [2.45, 2.75) is 51.1 Å². The summed E-state index contributed by atoms with van der Waals surface area (Å²) in [5.74, 6) is -0.0527. The highest BCUT2D eigenvalue weighted by Crippen LogP contribution is 2.38. The summed E-state index contributed by atoms with van der Waals surface area (Å²) in [6.45, 7) is 2.45. The Labute approximate surface area is 244 Å². The molecule has 0 radical (unpaired) electrons. The number of aromatic hydroxyl groups is 1. The predicted molar refractivity (Wildman–Crippen MR) is 163 cm³/mol. The molecular formula is C34H34ClN3O3. The van der Waals surface area contributed by atoms with Crippen LogP contribution in [0.2, 0.25) is 5.15 Å². The lowest BCUT2D eigenvalue weighted by Gasteiger charge is -2.26. The monoisotopic (exact) mass is 567 g/mol. The van der Waals surface area contributed by atoms with E-state index in [2.05, 4.69) is 53.2 Å². The predicted octanol–water partition coefficient (Wildman–Crippen LogP) is 7.03. The zero-order valence-corrected chi connectivity index (χ0v) is 23.8. The minimum atomic E-state index is -0.587. The second-order valence-corrected chi connectivity index (χ2v) is 11.6. The lowest BCUT2D eigenvalue weighted by Crippen LogP contribution is -2.37. The molecule has 2 atom stereocenters.